The smallest absolute Gasteiger partial charge is 0.269 e. The predicted octanol–water partition coefficient (Wildman–Crippen LogP) is 4.40. The summed E-state index contributed by atoms with van der Waals surface area (Å²) in [4.78, 5) is 24.6. The van der Waals surface area contributed by atoms with Crippen molar-refractivity contribution in [3.05, 3.63) is 59.9 Å². The molecule has 4 rings (SSSR count). The maximum absolute atomic E-state index is 13.0. The van der Waals surface area contributed by atoms with Gasteiger partial charge in [0.25, 0.3) is 5.91 Å². The first-order chi connectivity index (χ1) is 17.0. The van der Waals surface area contributed by atoms with E-state index >= 15 is 0 Å². The first-order valence-corrected chi connectivity index (χ1v) is 12.5. The molecule has 184 valence electrons. The van der Waals surface area contributed by atoms with Crippen molar-refractivity contribution in [2.24, 2.45) is 5.92 Å². The molecule has 0 aliphatic heterocycles. The minimum absolute atomic E-state index is 0.0472. The van der Waals surface area contributed by atoms with E-state index in [2.05, 4.69) is 32.5 Å². The molecule has 2 atom stereocenters. The van der Waals surface area contributed by atoms with Crippen LogP contribution in [0.5, 0.6) is 5.75 Å². The van der Waals surface area contributed by atoms with E-state index in [9.17, 15) is 14.0 Å². The van der Waals surface area contributed by atoms with Crippen LogP contribution in [-0.2, 0) is 4.79 Å². The normalized spacial score (nSPS) is 17.6. The lowest BCUT2D eigenvalue weighted by Crippen LogP contribution is -2.42. The number of carbonyl (C=O) groups is 2. The molecule has 3 aromatic rings. The Morgan fingerprint density at radius 2 is 1.77 bits per heavy atom. The van der Waals surface area contributed by atoms with Crippen LogP contribution in [0.15, 0.2) is 53.7 Å². The number of aromatic nitrogens is 3. The molecule has 0 saturated heterocycles. The van der Waals surface area contributed by atoms with Gasteiger partial charge in [-0.15, -0.1) is 10.2 Å². The fraction of sp³-hybridized carbons (Fsp3) is 0.360. The highest BCUT2D eigenvalue weighted by Crippen LogP contribution is 2.39. The minimum Gasteiger partial charge on any atom is -0.497 e. The van der Waals surface area contributed by atoms with Gasteiger partial charge in [-0.3, -0.25) is 25.0 Å². The molecule has 1 aliphatic rings. The highest BCUT2D eigenvalue weighted by molar-refractivity contribution is 7.99. The number of halogens is 1. The van der Waals surface area contributed by atoms with E-state index in [0.717, 1.165) is 36.4 Å². The van der Waals surface area contributed by atoms with Gasteiger partial charge in [-0.25, -0.2) is 4.39 Å². The van der Waals surface area contributed by atoms with E-state index in [0.29, 0.717) is 11.1 Å². The Morgan fingerprint density at radius 1 is 1.06 bits per heavy atom. The van der Waals surface area contributed by atoms with Crippen LogP contribution in [0.25, 0.3) is 11.4 Å². The van der Waals surface area contributed by atoms with Crippen molar-refractivity contribution in [2.45, 2.75) is 43.8 Å². The lowest BCUT2D eigenvalue weighted by molar-refractivity contribution is -0.119. The summed E-state index contributed by atoms with van der Waals surface area (Å²) in [5, 5.41) is 9.54. The average molecular weight is 498 g/mol. The van der Waals surface area contributed by atoms with Gasteiger partial charge in [0, 0.05) is 17.2 Å². The van der Waals surface area contributed by atoms with E-state index in [4.69, 9.17) is 4.74 Å². The number of rotatable bonds is 7. The largest absolute Gasteiger partial charge is 0.497 e. The monoisotopic (exact) mass is 497 g/mol. The van der Waals surface area contributed by atoms with E-state index in [1.807, 2.05) is 24.3 Å². The molecule has 35 heavy (non-hydrogen) atoms. The summed E-state index contributed by atoms with van der Waals surface area (Å²) in [5.41, 5.74) is 5.93. The number of nitrogens with one attached hydrogen (secondary N) is 2. The molecule has 2 amide bonds. The summed E-state index contributed by atoms with van der Waals surface area (Å²) in [6, 6.07) is 13.0. The highest BCUT2D eigenvalue weighted by atomic mass is 32.2. The minimum atomic E-state index is -0.524. The van der Waals surface area contributed by atoms with Crippen LogP contribution in [0, 0.1) is 11.7 Å². The van der Waals surface area contributed by atoms with E-state index in [1.165, 1.54) is 42.4 Å². The number of hydrogen-bond acceptors (Lipinski definition) is 6. The van der Waals surface area contributed by atoms with Crippen molar-refractivity contribution >= 4 is 23.6 Å². The van der Waals surface area contributed by atoms with Gasteiger partial charge in [-0.2, -0.15) is 0 Å². The quantitative estimate of drug-likeness (QED) is 0.371. The van der Waals surface area contributed by atoms with Gasteiger partial charge < -0.3 is 4.74 Å². The second-order valence-corrected chi connectivity index (χ2v) is 9.47. The third kappa shape index (κ3) is 6.00. The fourth-order valence-electron chi connectivity index (χ4n) is 4.26. The van der Waals surface area contributed by atoms with Crippen LogP contribution in [0.4, 0.5) is 4.39 Å². The zero-order valence-corrected chi connectivity index (χ0v) is 20.5. The molecule has 0 unspecified atom stereocenters. The van der Waals surface area contributed by atoms with E-state index in [-0.39, 0.29) is 23.3 Å². The van der Waals surface area contributed by atoms with Crippen LogP contribution in [-0.4, -0.2) is 39.4 Å². The van der Waals surface area contributed by atoms with E-state index in [1.54, 1.807) is 7.11 Å². The Hall–Kier alpha value is -3.40. The number of methoxy groups -OCH3 is 1. The molecule has 1 fully saturated rings. The Labute approximate surface area is 207 Å². The zero-order valence-electron chi connectivity index (χ0n) is 19.7. The summed E-state index contributed by atoms with van der Waals surface area (Å²) < 4.78 is 20.5. The molecule has 10 heteroatoms. The Bertz CT molecular complexity index is 1170. The van der Waals surface area contributed by atoms with E-state index < -0.39 is 11.7 Å². The first-order valence-electron chi connectivity index (χ1n) is 11.5. The van der Waals surface area contributed by atoms with Gasteiger partial charge in [-0.1, -0.05) is 31.5 Å². The summed E-state index contributed by atoms with van der Waals surface area (Å²) in [5.74, 6) is 0.684. The number of benzene rings is 2. The molecule has 1 aliphatic carbocycles. The van der Waals surface area contributed by atoms with Gasteiger partial charge in [-0.05, 0) is 67.3 Å². The van der Waals surface area contributed by atoms with Crippen molar-refractivity contribution in [1.29, 1.82) is 0 Å². The van der Waals surface area contributed by atoms with Gasteiger partial charge in [0.2, 0.25) is 5.91 Å². The Balaban J connectivity index is 1.46. The fourth-order valence-corrected chi connectivity index (χ4v) is 5.05. The second kappa shape index (κ2) is 11.4. The van der Waals surface area contributed by atoms with Gasteiger partial charge in [0.15, 0.2) is 11.0 Å². The standard InChI is InChI=1S/C25H28FN5O3S/c1-16-5-3-4-6-21(16)31-23(17-9-13-20(34-2)14-10-17)28-30-25(31)35-15-22(32)27-29-24(33)18-7-11-19(26)12-8-18/h7-14,16,21H,3-6,15H2,1-2H3,(H,27,32)(H,29,33)/t16-,21-/m0/s1. The molecule has 2 aromatic carbocycles. The molecular formula is C25H28FN5O3S. The third-order valence-corrected chi connectivity index (χ3v) is 7.11. The van der Waals surface area contributed by atoms with Crippen LogP contribution >= 0.6 is 11.8 Å². The van der Waals surface area contributed by atoms with Crippen LogP contribution in [0.3, 0.4) is 0 Å². The summed E-state index contributed by atoms with van der Waals surface area (Å²) in [6.45, 7) is 2.24. The molecule has 0 bridgehead atoms. The number of hydrogen-bond donors (Lipinski definition) is 2. The topological polar surface area (TPSA) is 98.1 Å². The van der Waals surface area contributed by atoms with Gasteiger partial charge in [0.05, 0.1) is 12.9 Å². The predicted molar refractivity (Wildman–Crippen MR) is 131 cm³/mol. The molecule has 1 saturated carbocycles. The SMILES string of the molecule is COc1ccc(-c2nnc(SCC(=O)NNC(=O)c3ccc(F)cc3)n2[C@H]2CCCC[C@@H]2C)cc1. The second-order valence-electron chi connectivity index (χ2n) is 8.53. The van der Waals surface area contributed by atoms with Crippen molar-refractivity contribution in [2.75, 3.05) is 12.9 Å². The van der Waals surface area contributed by atoms with Crippen molar-refractivity contribution < 1.29 is 18.7 Å². The maximum Gasteiger partial charge on any atom is 0.269 e. The van der Waals surface area contributed by atoms with Crippen LogP contribution in [0.2, 0.25) is 0 Å². The molecule has 0 spiro atoms. The number of carbonyl (C=O) groups excluding carboxylic acids is 2. The number of nitrogens with zero attached hydrogens (tertiary/aromatic N) is 3. The van der Waals surface area contributed by atoms with Crippen LogP contribution < -0.4 is 15.6 Å². The van der Waals surface area contributed by atoms with Gasteiger partial charge >= 0.3 is 0 Å². The highest BCUT2D eigenvalue weighted by Gasteiger charge is 2.29. The Morgan fingerprint density at radius 3 is 2.46 bits per heavy atom. The number of ether oxygens (including phenoxy) is 1. The maximum atomic E-state index is 13.0. The van der Waals surface area contributed by atoms with Crippen molar-refractivity contribution in [3.63, 3.8) is 0 Å². The number of hydrazine groups is 1. The third-order valence-electron chi connectivity index (χ3n) is 6.16. The van der Waals surface area contributed by atoms with Crippen molar-refractivity contribution in [1.82, 2.24) is 25.6 Å². The molecule has 2 N–H and O–H groups in total. The molecule has 8 nitrogen and oxygen atoms in total. The lowest BCUT2D eigenvalue weighted by atomic mass is 9.85. The number of amides is 2. The molecule has 0 radical (unpaired) electrons. The van der Waals surface area contributed by atoms with Crippen LogP contribution in [0.1, 0.15) is 49.0 Å². The summed E-state index contributed by atoms with van der Waals surface area (Å²) in [7, 11) is 1.63. The zero-order chi connectivity index (χ0) is 24.8. The Kier molecular flexibility index (Phi) is 8.02. The number of thioether (sulfide) groups is 1. The van der Waals surface area contributed by atoms with Gasteiger partial charge in [0.1, 0.15) is 11.6 Å². The van der Waals surface area contributed by atoms with Crippen molar-refractivity contribution in [3.8, 4) is 17.1 Å². The average Bonchev–Trinajstić information content (AvgIpc) is 3.30. The molecule has 1 heterocycles. The lowest BCUT2D eigenvalue weighted by Gasteiger charge is -2.31. The summed E-state index contributed by atoms with van der Waals surface area (Å²) in [6.07, 6.45) is 4.49. The molecule has 1 aromatic heterocycles. The summed E-state index contributed by atoms with van der Waals surface area (Å²) >= 11 is 1.28. The molecular weight excluding hydrogens is 469 g/mol. The first kappa shape index (κ1) is 24.7.